The molecule has 3 aromatic carbocycles. The van der Waals surface area contributed by atoms with Gasteiger partial charge in [-0.3, -0.25) is 13.9 Å². The highest BCUT2D eigenvalue weighted by Gasteiger charge is 2.35. The topological polar surface area (TPSA) is 79.4 Å². The Balaban J connectivity index is 1.66. The molecule has 8 nitrogen and oxygen atoms in total. The van der Waals surface area contributed by atoms with Crippen LogP contribution in [0.4, 0.5) is 5.69 Å². The quantitative estimate of drug-likeness (QED) is 0.399. The summed E-state index contributed by atoms with van der Waals surface area (Å²) in [6.45, 7) is 2.22. The molecule has 0 saturated carbocycles. The lowest BCUT2D eigenvalue weighted by Crippen LogP contribution is -2.37. The largest absolute Gasteiger partial charge is 0.454 e. The second-order valence-electron chi connectivity index (χ2n) is 9.57. The summed E-state index contributed by atoms with van der Waals surface area (Å²) in [5, 5.41) is 4.17. The fourth-order valence-electron chi connectivity index (χ4n) is 5.55. The van der Waals surface area contributed by atoms with E-state index in [4.69, 9.17) is 9.47 Å². The molecule has 2 aliphatic rings. The number of nitrogens with one attached hydrogen (secondary N) is 1. The molecule has 0 spiro atoms. The van der Waals surface area contributed by atoms with Crippen LogP contribution >= 0.6 is 0 Å². The highest BCUT2D eigenvalue weighted by Crippen LogP contribution is 2.46. The maximum atomic E-state index is 13.8. The molecule has 8 heteroatoms. The number of ether oxygens (including phenoxy) is 2. The minimum Gasteiger partial charge on any atom is -0.454 e. The van der Waals surface area contributed by atoms with Crippen LogP contribution in [0, 0.1) is 6.92 Å². The van der Waals surface area contributed by atoms with Crippen molar-refractivity contribution in [3.8, 4) is 28.4 Å². The molecule has 5 aromatic rings. The Morgan fingerprint density at radius 1 is 0.892 bits per heavy atom. The van der Waals surface area contributed by atoms with Gasteiger partial charge in [0.25, 0.3) is 5.56 Å². The second kappa shape index (κ2) is 7.64. The molecule has 0 amide bonds. The molecule has 0 fully saturated rings. The summed E-state index contributed by atoms with van der Waals surface area (Å²) in [6.07, 6.45) is 0. The zero-order valence-corrected chi connectivity index (χ0v) is 20.6. The molecule has 37 heavy (non-hydrogen) atoms. The predicted molar refractivity (Wildman–Crippen MR) is 142 cm³/mol. The van der Waals surface area contributed by atoms with E-state index >= 15 is 0 Å². The average Bonchev–Trinajstić information content (AvgIpc) is 3.53. The number of aryl methyl sites for hydroxylation is 2. The van der Waals surface area contributed by atoms with Gasteiger partial charge >= 0.3 is 5.69 Å². The Bertz CT molecular complexity index is 1860. The number of nitrogens with zero attached hydrogens (tertiary/aromatic N) is 3. The Labute approximate surface area is 211 Å². The zero-order valence-electron chi connectivity index (χ0n) is 20.6. The van der Waals surface area contributed by atoms with Crippen molar-refractivity contribution >= 4 is 16.6 Å². The second-order valence-corrected chi connectivity index (χ2v) is 9.57. The van der Waals surface area contributed by atoms with Gasteiger partial charge in [-0.15, -0.1) is 0 Å². The number of anilines is 1. The number of rotatable bonds is 2. The van der Waals surface area contributed by atoms with Crippen molar-refractivity contribution in [1.82, 2.24) is 13.7 Å². The average molecular weight is 493 g/mol. The van der Waals surface area contributed by atoms with Crippen LogP contribution in [0.25, 0.3) is 27.8 Å². The molecule has 1 atom stereocenters. The van der Waals surface area contributed by atoms with E-state index in [1.54, 1.807) is 11.6 Å². The van der Waals surface area contributed by atoms with Gasteiger partial charge in [-0.25, -0.2) is 4.79 Å². The Kier molecular flexibility index (Phi) is 4.45. The van der Waals surface area contributed by atoms with Crippen molar-refractivity contribution in [2.24, 2.45) is 14.1 Å². The summed E-state index contributed by atoms with van der Waals surface area (Å²) in [5.74, 6) is 1.37. The number of benzene rings is 3. The number of hydrogen-bond acceptors (Lipinski definition) is 5. The first-order valence-electron chi connectivity index (χ1n) is 12.1. The van der Waals surface area contributed by atoms with Gasteiger partial charge in [0.05, 0.1) is 39.7 Å². The van der Waals surface area contributed by atoms with E-state index in [9.17, 15) is 9.59 Å². The van der Waals surface area contributed by atoms with Gasteiger partial charge in [-0.1, -0.05) is 48.0 Å². The summed E-state index contributed by atoms with van der Waals surface area (Å²) in [5.41, 5.74) is 6.29. The maximum absolute atomic E-state index is 13.8. The molecule has 4 heterocycles. The molecule has 7 rings (SSSR count). The van der Waals surface area contributed by atoms with Gasteiger partial charge in [0, 0.05) is 14.1 Å². The molecule has 0 bridgehead atoms. The van der Waals surface area contributed by atoms with Crippen LogP contribution in [-0.4, -0.2) is 20.5 Å². The summed E-state index contributed by atoms with van der Waals surface area (Å²) >= 11 is 0. The highest BCUT2D eigenvalue weighted by molar-refractivity contribution is 5.99. The van der Waals surface area contributed by atoms with Crippen molar-refractivity contribution in [1.29, 1.82) is 0 Å². The monoisotopic (exact) mass is 492 g/mol. The van der Waals surface area contributed by atoms with Crippen molar-refractivity contribution < 1.29 is 9.47 Å². The van der Waals surface area contributed by atoms with Crippen molar-refractivity contribution in [2.75, 3.05) is 12.1 Å². The first-order valence-corrected chi connectivity index (χ1v) is 12.1. The van der Waals surface area contributed by atoms with E-state index in [-0.39, 0.29) is 24.1 Å². The lowest BCUT2D eigenvalue weighted by molar-refractivity contribution is 0.174. The van der Waals surface area contributed by atoms with E-state index in [2.05, 4.69) is 9.88 Å². The van der Waals surface area contributed by atoms with Crippen LogP contribution in [0.3, 0.4) is 0 Å². The third-order valence-corrected chi connectivity index (χ3v) is 7.38. The smallest absolute Gasteiger partial charge is 0.331 e. The number of fused-ring (bicyclic) bond motifs is 6. The minimum absolute atomic E-state index is 0.182. The lowest BCUT2D eigenvalue weighted by Gasteiger charge is -2.31. The number of para-hydroxylation sites is 2. The maximum Gasteiger partial charge on any atom is 0.331 e. The first-order chi connectivity index (χ1) is 17.9. The van der Waals surface area contributed by atoms with Gasteiger partial charge in [0.15, 0.2) is 11.5 Å². The van der Waals surface area contributed by atoms with Crippen LogP contribution < -0.4 is 26.0 Å². The van der Waals surface area contributed by atoms with Crippen LogP contribution in [0.2, 0.25) is 0 Å². The SMILES string of the molecule is Cc1ccc(-c2c3c(=O)n(C)c(=O)n(C)c3c3n2-c2ccccc2NC3c2ccc3c(c2)OCO3)cc1. The van der Waals surface area contributed by atoms with E-state index in [0.717, 1.165) is 39.5 Å². The summed E-state index contributed by atoms with van der Waals surface area (Å²) < 4.78 is 16.1. The molecule has 0 aliphatic carbocycles. The molecular weight excluding hydrogens is 468 g/mol. The van der Waals surface area contributed by atoms with Gasteiger partial charge < -0.3 is 19.4 Å². The van der Waals surface area contributed by atoms with Gasteiger partial charge in [-0.05, 0) is 42.3 Å². The molecule has 2 aromatic heterocycles. The third kappa shape index (κ3) is 2.95. The van der Waals surface area contributed by atoms with E-state index in [0.29, 0.717) is 22.4 Å². The lowest BCUT2D eigenvalue weighted by atomic mass is 9.99. The van der Waals surface area contributed by atoms with Crippen LogP contribution in [0.15, 0.2) is 76.3 Å². The Hall–Kier alpha value is -4.72. The van der Waals surface area contributed by atoms with Crippen LogP contribution in [0.5, 0.6) is 11.5 Å². The molecule has 184 valence electrons. The van der Waals surface area contributed by atoms with E-state index < -0.39 is 0 Å². The molecule has 0 saturated heterocycles. The Morgan fingerprint density at radius 3 is 2.46 bits per heavy atom. The van der Waals surface area contributed by atoms with Crippen LogP contribution in [0.1, 0.15) is 22.9 Å². The van der Waals surface area contributed by atoms with Crippen molar-refractivity contribution in [3.63, 3.8) is 0 Å². The molecule has 2 aliphatic heterocycles. The van der Waals surface area contributed by atoms with Gasteiger partial charge in [0.2, 0.25) is 6.79 Å². The fourth-order valence-corrected chi connectivity index (χ4v) is 5.55. The summed E-state index contributed by atoms with van der Waals surface area (Å²) in [7, 11) is 3.25. The Morgan fingerprint density at radius 2 is 1.65 bits per heavy atom. The standard InChI is InChI=1S/C29H24N4O4/c1-16-8-10-17(11-9-16)25-23-26(31(2)29(35)32(3)28(23)34)27-24(18-12-13-21-22(14-18)37-15-36-21)30-19-6-4-5-7-20(19)33(25)27/h4-14,24,30H,15H2,1-3H3. The van der Waals surface area contributed by atoms with Gasteiger partial charge in [0.1, 0.15) is 0 Å². The number of aromatic nitrogens is 3. The predicted octanol–water partition coefficient (Wildman–Crippen LogP) is 4.25. The highest BCUT2D eigenvalue weighted by atomic mass is 16.7. The number of hydrogen-bond donors (Lipinski definition) is 1. The molecule has 0 radical (unpaired) electrons. The fraction of sp³-hybridized carbons (Fsp3) is 0.172. The molecule has 1 N–H and O–H groups in total. The first kappa shape index (κ1) is 21.6. The van der Waals surface area contributed by atoms with E-state index in [1.165, 1.54) is 11.6 Å². The summed E-state index contributed by atoms with van der Waals surface area (Å²) in [4.78, 5) is 26.9. The van der Waals surface area contributed by atoms with Crippen LogP contribution in [-0.2, 0) is 14.1 Å². The molecule has 1 unspecified atom stereocenters. The van der Waals surface area contributed by atoms with Crippen molar-refractivity contribution in [2.45, 2.75) is 13.0 Å². The van der Waals surface area contributed by atoms with Crippen molar-refractivity contribution in [3.05, 3.63) is 104 Å². The van der Waals surface area contributed by atoms with Gasteiger partial charge in [-0.2, -0.15) is 0 Å². The zero-order chi connectivity index (χ0) is 25.4. The normalized spacial score (nSPS) is 15.4. The summed E-state index contributed by atoms with van der Waals surface area (Å²) in [6, 6.07) is 21.6. The molecular formula is C29H24N4O4. The minimum atomic E-state index is -0.371. The third-order valence-electron chi connectivity index (χ3n) is 7.38. The van der Waals surface area contributed by atoms with E-state index in [1.807, 2.05) is 73.7 Å².